The van der Waals surface area contributed by atoms with Crippen LogP contribution in [0.15, 0.2) is 23.3 Å². The average Bonchev–Trinajstić information content (AvgIpc) is 2.62. The molecule has 0 aromatic carbocycles. The molecule has 0 saturated heterocycles. The van der Waals surface area contributed by atoms with Crippen molar-refractivity contribution in [2.75, 3.05) is 6.61 Å². The lowest BCUT2D eigenvalue weighted by Crippen LogP contribution is -2.41. The predicted octanol–water partition coefficient (Wildman–Crippen LogP) is 2.79. The van der Waals surface area contributed by atoms with Gasteiger partial charge in [-0.05, 0) is 52.4 Å². The molecule has 0 atom stereocenters. The summed E-state index contributed by atoms with van der Waals surface area (Å²) in [6.45, 7) is 6.13. The summed E-state index contributed by atoms with van der Waals surface area (Å²) in [7, 11) is 1.69. The number of aromatic nitrogens is 3. The van der Waals surface area contributed by atoms with Crippen LogP contribution >= 0.6 is 0 Å². The number of hydrogen-bond donors (Lipinski definition) is 1. The predicted molar refractivity (Wildman–Crippen MR) is 105 cm³/mol. The summed E-state index contributed by atoms with van der Waals surface area (Å²) in [5.74, 6) is 1.01. The zero-order valence-electron chi connectivity index (χ0n) is 16.9. The lowest BCUT2D eigenvalue weighted by Gasteiger charge is -2.30. The van der Waals surface area contributed by atoms with E-state index in [-0.39, 0.29) is 17.7 Å². The van der Waals surface area contributed by atoms with Gasteiger partial charge in [0.25, 0.3) is 5.56 Å². The highest BCUT2D eigenvalue weighted by Gasteiger charge is 2.25. The number of carbonyl (C=O) groups excluding carboxylic acids is 1. The molecule has 8 heteroatoms. The Kier molecular flexibility index (Phi) is 5.86. The van der Waals surface area contributed by atoms with E-state index in [1.165, 1.54) is 10.8 Å². The minimum absolute atomic E-state index is 0.137. The van der Waals surface area contributed by atoms with Crippen LogP contribution in [0.4, 0.5) is 4.79 Å². The largest absolute Gasteiger partial charge is 0.491 e. The molecular formula is C20H28N4O4. The fourth-order valence-electron chi connectivity index (χ4n) is 3.42. The second-order valence-electron chi connectivity index (χ2n) is 8.31. The number of aryl methyl sites for hydroxylation is 1. The maximum absolute atomic E-state index is 11.9. The van der Waals surface area contributed by atoms with Crippen LogP contribution in [0.25, 0.3) is 11.2 Å². The van der Waals surface area contributed by atoms with Crippen LogP contribution in [-0.2, 0) is 11.8 Å². The molecule has 8 nitrogen and oxygen atoms in total. The molecule has 1 saturated carbocycles. The lowest BCUT2D eigenvalue weighted by molar-refractivity contribution is 0.0483. The van der Waals surface area contributed by atoms with Crippen molar-refractivity contribution in [1.82, 2.24) is 19.9 Å². The quantitative estimate of drug-likeness (QED) is 0.865. The number of carbonyl (C=O) groups is 1. The molecular weight excluding hydrogens is 360 g/mol. The number of ether oxygens (including phenoxy) is 2. The fourth-order valence-corrected chi connectivity index (χ4v) is 3.42. The van der Waals surface area contributed by atoms with Crippen LogP contribution in [0.5, 0.6) is 5.75 Å². The number of nitrogens with one attached hydrogen (secondary N) is 1. The van der Waals surface area contributed by atoms with E-state index in [0.29, 0.717) is 29.4 Å². The van der Waals surface area contributed by atoms with Gasteiger partial charge < -0.3 is 19.4 Å². The normalized spacial score (nSPS) is 20.0. The zero-order valence-corrected chi connectivity index (χ0v) is 16.9. The first-order valence-electron chi connectivity index (χ1n) is 9.66. The van der Waals surface area contributed by atoms with Crippen LogP contribution in [0.1, 0.15) is 46.5 Å². The number of pyridine rings is 1. The van der Waals surface area contributed by atoms with Gasteiger partial charge in [-0.15, -0.1) is 0 Å². The number of hydrogen-bond acceptors (Lipinski definition) is 6. The molecule has 1 amide bonds. The number of fused-ring (bicyclic) bond motifs is 1. The van der Waals surface area contributed by atoms with Gasteiger partial charge in [0, 0.05) is 25.4 Å². The van der Waals surface area contributed by atoms with Crippen molar-refractivity contribution in [3.63, 3.8) is 0 Å². The van der Waals surface area contributed by atoms with Crippen molar-refractivity contribution >= 4 is 17.3 Å². The summed E-state index contributed by atoms with van der Waals surface area (Å²) in [5, 5.41) is 2.95. The van der Waals surface area contributed by atoms with Gasteiger partial charge in [-0.2, -0.15) is 0 Å². The van der Waals surface area contributed by atoms with Gasteiger partial charge in [-0.1, -0.05) is 0 Å². The summed E-state index contributed by atoms with van der Waals surface area (Å²) in [6.07, 6.45) is 6.24. The zero-order chi connectivity index (χ0) is 20.3. The third-order valence-corrected chi connectivity index (χ3v) is 4.87. The van der Waals surface area contributed by atoms with Gasteiger partial charge >= 0.3 is 6.09 Å². The van der Waals surface area contributed by atoms with Gasteiger partial charge in [-0.3, -0.25) is 4.79 Å². The molecule has 0 spiro atoms. The van der Waals surface area contributed by atoms with Crippen LogP contribution in [-0.4, -0.2) is 38.9 Å². The van der Waals surface area contributed by atoms with E-state index in [1.54, 1.807) is 19.3 Å². The number of nitrogens with zero attached hydrogens (tertiary/aromatic N) is 3. The standard InChI is InChI=1S/C20H28N4O4/c1-20(2,3)28-19(26)23-14-7-5-13(6-8-14)12-27-15-9-10-21-18-17(15)24(4)16(25)11-22-18/h9-11,13-14H,5-8,12H2,1-4H3,(H,23,26). The summed E-state index contributed by atoms with van der Waals surface area (Å²) in [4.78, 5) is 32.1. The van der Waals surface area contributed by atoms with Crippen molar-refractivity contribution in [2.24, 2.45) is 13.0 Å². The smallest absolute Gasteiger partial charge is 0.407 e. The molecule has 152 valence electrons. The van der Waals surface area contributed by atoms with Crippen LogP contribution in [0.3, 0.4) is 0 Å². The Labute approximate surface area is 164 Å². The molecule has 2 heterocycles. The molecule has 2 aromatic heterocycles. The first-order valence-corrected chi connectivity index (χ1v) is 9.66. The van der Waals surface area contributed by atoms with Crippen molar-refractivity contribution < 1.29 is 14.3 Å². The monoisotopic (exact) mass is 388 g/mol. The van der Waals surface area contributed by atoms with E-state index < -0.39 is 5.60 Å². The Morgan fingerprint density at radius 2 is 1.96 bits per heavy atom. The van der Waals surface area contributed by atoms with Crippen molar-refractivity contribution in [3.05, 3.63) is 28.8 Å². The Bertz CT molecular complexity index is 895. The maximum atomic E-state index is 11.9. The summed E-state index contributed by atoms with van der Waals surface area (Å²) in [5.41, 5.74) is 0.413. The molecule has 1 aliphatic rings. The minimum Gasteiger partial charge on any atom is -0.491 e. The van der Waals surface area contributed by atoms with Gasteiger partial charge in [0.15, 0.2) is 5.65 Å². The highest BCUT2D eigenvalue weighted by atomic mass is 16.6. The SMILES string of the molecule is Cn1c(=O)cnc2nccc(OCC3CCC(NC(=O)OC(C)(C)C)CC3)c21. The van der Waals surface area contributed by atoms with E-state index in [1.807, 2.05) is 20.8 Å². The topological polar surface area (TPSA) is 95.3 Å². The van der Waals surface area contributed by atoms with Gasteiger partial charge in [0.1, 0.15) is 16.9 Å². The van der Waals surface area contributed by atoms with Crippen LogP contribution < -0.4 is 15.6 Å². The summed E-state index contributed by atoms with van der Waals surface area (Å²) < 4.78 is 12.9. The van der Waals surface area contributed by atoms with Gasteiger partial charge in [0.05, 0.1) is 12.8 Å². The molecule has 2 aromatic rings. The fraction of sp³-hybridized carbons (Fsp3) is 0.600. The first-order chi connectivity index (χ1) is 13.2. The lowest BCUT2D eigenvalue weighted by atomic mass is 9.86. The third kappa shape index (κ3) is 4.99. The molecule has 0 bridgehead atoms. The first kappa shape index (κ1) is 20.1. The highest BCUT2D eigenvalue weighted by Crippen LogP contribution is 2.27. The Morgan fingerprint density at radius 1 is 1.25 bits per heavy atom. The summed E-state index contributed by atoms with van der Waals surface area (Å²) >= 11 is 0. The third-order valence-electron chi connectivity index (χ3n) is 4.87. The molecule has 28 heavy (non-hydrogen) atoms. The number of alkyl carbamates (subject to hydrolysis) is 1. The van der Waals surface area contributed by atoms with E-state index in [4.69, 9.17) is 9.47 Å². The van der Waals surface area contributed by atoms with Crippen LogP contribution in [0, 0.1) is 5.92 Å². The van der Waals surface area contributed by atoms with Crippen molar-refractivity contribution in [3.8, 4) is 5.75 Å². The molecule has 1 aliphatic carbocycles. The Hall–Kier alpha value is -2.64. The van der Waals surface area contributed by atoms with Gasteiger partial charge in [0.2, 0.25) is 0 Å². The number of amides is 1. The van der Waals surface area contributed by atoms with E-state index in [9.17, 15) is 9.59 Å². The molecule has 0 aliphatic heterocycles. The molecule has 3 rings (SSSR count). The second-order valence-corrected chi connectivity index (χ2v) is 8.31. The Balaban J connectivity index is 1.54. The van der Waals surface area contributed by atoms with Gasteiger partial charge in [-0.25, -0.2) is 14.8 Å². The molecule has 0 radical (unpaired) electrons. The van der Waals surface area contributed by atoms with Crippen LogP contribution in [0.2, 0.25) is 0 Å². The summed E-state index contributed by atoms with van der Waals surface area (Å²) in [6, 6.07) is 1.90. The van der Waals surface area contributed by atoms with Crippen molar-refractivity contribution in [2.45, 2.75) is 58.1 Å². The van der Waals surface area contributed by atoms with E-state index in [2.05, 4.69) is 15.3 Å². The number of rotatable bonds is 4. The molecule has 0 unspecified atom stereocenters. The average molecular weight is 388 g/mol. The minimum atomic E-state index is -0.489. The molecule has 1 N–H and O–H groups in total. The molecule has 1 fully saturated rings. The van der Waals surface area contributed by atoms with Crippen molar-refractivity contribution in [1.29, 1.82) is 0 Å². The highest BCUT2D eigenvalue weighted by molar-refractivity contribution is 5.77. The second kappa shape index (κ2) is 8.16. The Morgan fingerprint density at radius 3 is 2.64 bits per heavy atom. The van der Waals surface area contributed by atoms with E-state index >= 15 is 0 Å². The maximum Gasteiger partial charge on any atom is 0.407 e. The van der Waals surface area contributed by atoms with E-state index in [0.717, 1.165) is 25.7 Å².